The molecule has 0 aliphatic carbocycles. The molecule has 1 saturated heterocycles. The maximum atomic E-state index is 13.4. The first-order valence-electron chi connectivity index (χ1n) is 12.9. The molecule has 1 aliphatic heterocycles. The zero-order valence-corrected chi connectivity index (χ0v) is 23.0. The Morgan fingerprint density at radius 1 is 0.972 bits per heavy atom. The summed E-state index contributed by atoms with van der Waals surface area (Å²) in [4.78, 5) is 26.2. The maximum absolute atomic E-state index is 13.4. The number of benzene rings is 1. The molecule has 0 unspecified atom stereocenters. The Bertz CT molecular complexity index is 837. The van der Waals surface area contributed by atoms with Gasteiger partial charge in [0.2, 0.25) is 0 Å². The lowest BCUT2D eigenvalue weighted by Gasteiger charge is -2.35. The summed E-state index contributed by atoms with van der Waals surface area (Å²) < 4.78 is 23.3. The van der Waals surface area contributed by atoms with Crippen LogP contribution >= 0.6 is 0 Å². The highest BCUT2D eigenvalue weighted by atomic mass is 16.7. The number of alkyl carbamates (subject to hydrolysis) is 1. The van der Waals surface area contributed by atoms with E-state index in [1.165, 1.54) is 0 Å². The summed E-state index contributed by atoms with van der Waals surface area (Å²) in [5.74, 6) is -0.532. The number of carbonyl (C=O) groups excluding carboxylic acids is 2. The molecule has 2 N–H and O–H groups in total. The minimum atomic E-state index is -1.32. The van der Waals surface area contributed by atoms with Crippen LogP contribution in [0.25, 0.3) is 0 Å². The zero-order chi connectivity index (χ0) is 27.0. The minimum Gasteiger partial charge on any atom is -0.458 e. The number of unbranched alkanes of at least 4 members (excludes halogenated alkanes) is 1. The minimum absolute atomic E-state index is 0.0823. The molecule has 0 aromatic heterocycles. The van der Waals surface area contributed by atoms with Gasteiger partial charge in [-0.2, -0.15) is 0 Å². The molecule has 0 radical (unpaired) electrons. The molecule has 1 atom stereocenters. The van der Waals surface area contributed by atoms with Crippen molar-refractivity contribution in [1.29, 1.82) is 0 Å². The smallest absolute Gasteiger partial charge is 0.457 e. The summed E-state index contributed by atoms with van der Waals surface area (Å²) in [7, 11) is -0.327. The largest absolute Gasteiger partial charge is 0.458 e. The van der Waals surface area contributed by atoms with Crippen LogP contribution < -0.4 is 5.32 Å². The average Bonchev–Trinajstić information content (AvgIpc) is 2.99. The Kier molecular flexibility index (Phi) is 10.4. The van der Waals surface area contributed by atoms with Gasteiger partial charge >= 0.3 is 19.2 Å². The predicted molar refractivity (Wildman–Crippen MR) is 139 cm³/mol. The number of carbonyl (C=O) groups is 2. The van der Waals surface area contributed by atoms with Gasteiger partial charge in [0, 0.05) is 6.61 Å². The molecule has 1 aromatic rings. The summed E-state index contributed by atoms with van der Waals surface area (Å²) >= 11 is 0. The van der Waals surface area contributed by atoms with Crippen molar-refractivity contribution in [2.24, 2.45) is 0 Å². The molecule has 0 saturated carbocycles. The van der Waals surface area contributed by atoms with Gasteiger partial charge < -0.3 is 29.2 Å². The number of rotatable bonds is 12. The third kappa shape index (κ3) is 8.78. The highest BCUT2D eigenvalue weighted by Crippen LogP contribution is 2.38. The quantitative estimate of drug-likeness (QED) is 0.233. The molecule has 202 valence electrons. The second-order valence-electron chi connectivity index (χ2n) is 11.5. The van der Waals surface area contributed by atoms with E-state index in [2.05, 4.69) is 5.32 Å². The van der Waals surface area contributed by atoms with E-state index in [9.17, 15) is 14.7 Å². The predicted octanol–water partition coefficient (Wildman–Crippen LogP) is 5.03. The zero-order valence-electron chi connectivity index (χ0n) is 23.0. The van der Waals surface area contributed by atoms with Gasteiger partial charge in [0.05, 0.1) is 11.2 Å². The molecular formula is C27H44BNO7. The van der Waals surface area contributed by atoms with E-state index in [4.69, 9.17) is 18.8 Å². The number of nitrogens with one attached hydrogen (secondary N) is 1. The van der Waals surface area contributed by atoms with E-state index in [-0.39, 0.29) is 26.8 Å². The standard InChI is InChI=1S/C27H44BNO7/c1-24(2,3)34-22(31)27(17-13-19-30,29-23(32)33-20-21-14-9-8-10-15-21)16-11-12-18-28-35-25(4,5)26(6,7)36-28/h8-10,14-15,30H,11-13,16-20H2,1-7H3,(H,29,32)/t27-/m0/s1. The second-order valence-corrected chi connectivity index (χ2v) is 11.5. The van der Waals surface area contributed by atoms with Gasteiger partial charge in [0.15, 0.2) is 0 Å². The van der Waals surface area contributed by atoms with Gasteiger partial charge in [0.25, 0.3) is 0 Å². The van der Waals surface area contributed by atoms with Gasteiger partial charge in [-0.1, -0.05) is 43.2 Å². The fourth-order valence-corrected chi connectivity index (χ4v) is 4.04. The Morgan fingerprint density at radius 3 is 2.11 bits per heavy atom. The van der Waals surface area contributed by atoms with E-state index in [1.54, 1.807) is 20.8 Å². The van der Waals surface area contributed by atoms with Crippen molar-refractivity contribution in [2.45, 2.75) is 116 Å². The first-order valence-corrected chi connectivity index (χ1v) is 12.9. The molecule has 0 bridgehead atoms. The van der Waals surface area contributed by atoms with Gasteiger partial charge in [0.1, 0.15) is 17.7 Å². The SMILES string of the molecule is CC(C)(C)OC(=O)[C@@](CCCO)(CCCCB1OC(C)(C)C(C)(C)O1)NC(=O)OCc1ccccc1. The van der Waals surface area contributed by atoms with Crippen LogP contribution in [0, 0.1) is 0 Å². The summed E-state index contributed by atoms with van der Waals surface area (Å²) in [6, 6.07) is 9.33. The summed E-state index contributed by atoms with van der Waals surface area (Å²) in [6.07, 6.45) is 2.20. The van der Waals surface area contributed by atoms with E-state index in [1.807, 2.05) is 58.0 Å². The first kappa shape index (κ1) is 30.1. The van der Waals surface area contributed by atoms with Gasteiger partial charge in [-0.25, -0.2) is 9.59 Å². The fourth-order valence-electron chi connectivity index (χ4n) is 4.04. The van der Waals surface area contributed by atoms with E-state index < -0.39 is 34.4 Å². The Hall–Kier alpha value is -2.10. The molecule has 2 rings (SSSR count). The Balaban J connectivity index is 2.08. The lowest BCUT2D eigenvalue weighted by Crippen LogP contribution is -2.56. The van der Waals surface area contributed by atoms with Crippen LogP contribution in [0.5, 0.6) is 0 Å². The fraction of sp³-hybridized carbons (Fsp3) is 0.704. The Labute approximate surface area is 216 Å². The van der Waals surface area contributed by atoms with Crippen LogP contribution in [0.15, 0.2) is 30.3 Å². The van der Waals surface area contributed by atoms with Crippen LogP contribution in [0.1, 0.15) is 86.1 Å². The number of aliphatic hydroxyl groups is 1. The number of hydrogen-bond donors (Lipinski definition) is 2. The van der Waals surface area contributed by atoms with E-state index in [0.717, 1.165) is 12.0 Å². The summed E-state index contributed by atoms with van der Waals surface area (Å²) in [5, 5.41) is 12.3. The molecule has 0 spiro atoms. The highest BCUT2D eigenvalue weighted by Gasteiger charge is 2.50. The third-order valence-electron chi connectivity index (χ3n) is 6.70. The number of aliphatic hydroxyl groups excluding tert-OH is 1. The van der Waals surface area contributed by atoms with Crippen LogP contribution in [0.3, 0.4) is 0 Å². The number of amides is 1. The van der Waals surface area contributed by atoms with Crippen molar-refractivity contribution in [3.8, 4) is 0 Å². The topological polar surface area (TPSA) is 103 Å². The lowest BCUT2D eigenvalue weighted by molar-refractivity contribution is -0.164. The van der Waals surface area contributed by atoms with Crippen molar-refractivity contribution in [1.82, 2.24) is 5.32 Å². The third-order valence-corrected chi connectivity index (χ3v) is 6.70. The monoisotopic (exact) mass is 505 g/mol. The average molecular weight is 505 g/mol. The molecule has 9 heteroatoms. The van der Waals surface area contributed by atoms with E-state index in [0.29, 0.717) is 25.6 Å². The molecule has 1 amide bonds. The summed E-state index contributed by atoms with van der Waals surface area (Å²) in [5.41, 5.74) is -2.01. The van der Waals surface area contributed by atoms with Gasteiger partial charge in [-0.15, -0.1) is 0 Å². The number of ether oxygens (including phenoxy) is 2. The van der Waals surface area contributed by atoms with Gasteiger partial charge in [-0.3, -0.25) is 0 Å². The molecule has 1 fully saturated rings. The second kappa shape index (κ2) is 12.4. The number of hydrogen-bond acceptors (Lipinski definition) is 7. The van der Waals surface area contributed by atoms with E-state index >= 15 is 0 Å². The Morgan fingerprint density at radius 2 is 1.56 bits per heavy atom. The normalized spacial score (nSPS) is 18.4. The molecule has 8 nitrogen and oxygen atoms in total. The molecule has 1 aromatic carbocycles. The molecule has 36 heavy (non-hydrogen) atoms. The highest BCUT2D eigenvalue weighted by molar-refractivity contribution is 6.45. The van der Waals surface area contributed by atoms with Crippen molar-refractivity contribution >= 4 is 19.2 Å². The van der Waals surface area contributed by atoms with Crippen molar-refractivity contribution < 1.29 is 33.5 Å². The lowest BCUT2D eigenvalue weighted by atomic mass is 9.80. The van der Waals surface area contributed by atoms with Crippen LogP contribution in [-0.2, 0) is 30.2 Å². The van der Waals surface area contributed by atoms with Crippen molar-refractivity contribution in [3.05, 3.63) is 35.9 Å². The van der Waals surface area contributed by atoms with Crippen LogP contribution in [0.4, 0.5) is 4.79 Å². The molecular weight excluding hydrogens is 461 g/mol. The van der Waals surface area contributed by atoms with Crippen LogP contribution in [-0.4, -0.2) is 53.2 Å². The van der Waals surface area contributed by atoms with Crippen LogP contribution in [0.2, 0.25) is 6.32 Å². The van der Waals surface area contributed by atoms with Gasteiger partial charge in [-0.05, 0) is 79.6 Å². The summed E-state index contributed by atoms with van der Waals surface area (Å²) in [6.45, 7) is 13.4. The van der Waals surface area contributed by atoms with Crippen molar-refractivity contribution in [3.63, 3.8) is 0 Å². The number of esters is 1. The first-order chi connectivity index (χ1) is 16.7. The molecule has 1 heterocycles. The molecule has 1 aliphatic rings. The maximum Gasteiger partial charge on any atom is 0.457 e. The van der Waals surface area contributed by atoms with Crippen molar-refractivity contribution in [2.75, 3.05) is 6.61 Å².